The van der Waals surface area contributed by atoms with Gasteiger partial charge in [-0.2, -0.15) is 0 Å². The highest BCUT2D eigenvalue weighted by Crippen LogP contribution is 2.24. The van der Waals surface area contributed by atoms with E-state index < -0.39 is 5.60 Å². The first kappa shape index (κ1) is 16.5. The third-order valence-corrected chi connectivity index (χ3v) is 2.73. The molecule has 2 amide bonds. The van der Waals surface area contributed by atoms with Crippen LogP contribution < -0.4 is 5.32 Å². The number of likely N-dealkylation sites (N-methyl/N-ethyl adjacent to an activating group) is 1. The van der Waals surface area contributed by atoms with Gasteiger partial charge >= 0.3 is 6.03 Å². The van der Waals surface area contributed by atoms with Crippen LogP contribution in [0.5, 0.6) is 0 Å². The van der Waals surface area contributed by atoms with Crippen LogP contribution in [0.4, 0.5) is 10.6 Å². The average molecular weight is 283 g/mol. The van der Waals surface area contributed by atoms with E-state index in [0.717, 1.165) is 0 Å². The Kier molecular flexibility index (Phi) is 4.81. The summed E-state index contributed by atoms with van der Waals surface area (Å²) in [6, 6.07) is 1.42. The minimum Gasteiger partial charge on any atom is -0.389 e. The zero-order chi connectivity index (χ0) is 15.6. The van der Waals surface area contributed by atoms with Gasteiger partial charge in [-0.25, -0.2) is 4.79 Å². The summed E-state index contributed by atoms with van der Waals surface area (Å²) >= 11 is 0. The molecule has 1 heterocycles. The molecule has 0 aliphatic carbocycles. The van der Waals surface area contributed by atoms with E-state index >= 15 is 0 Å². The maximum absolute atomic E-state index is 12.1. The van der Waals surface area contributed by atoms with Crippen LogP contribution in [-0.2, 0) is 5.41 Å². The maximum atomic E-state index is 12.1. The van der Waals surface area contributed by atoms with Gasteiger partial charge in [0.1, 0.15) is 5.76 Å². The molecule has 0 aliphatic heterocycles. The summed E-state index contributed by atoms with van der Waals surface area (Å²) in [7, 11) is 0. The molecular formula is C14H25N3O3. The molecule has 6 nitrogen and oxygen atoms in total. The van der Waals surface area contributed by atoms with Crippen LogP contribution in [0, 0.1) is 0 Å². The summed E-state index contributed by atoms with van der Waals surface area (Å²) in [6.07, 6.45) is 0. The third kappa shape index (κ3) is 4.85. The fourth-order valence-electron chi connectivity index (χ4n) is 1.67. The maximum Gasteiger partial charge on any atom is 0.323 e. The van der Waals surface area contributed by atoms with E-state index in [1.54, 1.807) is 19.9 Å². The van der Waals surface area contributed by atoms with Crippen LogP contribution in [0.25, 0.3) is 0 Å². The van der Waals surface area contributed by atoms with Gasteiger partial charge in [0.2, 0.25) is 0 Å². The Morgan fingerprint density at radius 3 is 2.40 bits per heavy atom. The molecule has 20 heavy (non-hydrogen) atoms. The van der Waals surface area contributed by atoms with Crippen LogP contribution >= 0.6 is 0 Å². The number of carbonyl (C=O) groups is 1. The lowest BCUT2D eigenvalue weighted by molar-refractivity contribution is 0.0501. The number of rotatable bonds is 4. The summed E-state index contributed by atoms with van der Waals surface area (Å²) < 4.78 is 5.21. The molecule has 1 aromatic rings. The number of aliphatic hydroxyl groups is 1. The monoisotopic (exact) mass is 283 g/mol. The Bertz CT molecular complexity index is 455. The van der Waals surface area contributed by atoms with Crippen molar-refractivity contribution in [1.29, 1.82) is 0 Å². The lowest BCUT2D eigenvalue weighted by Gasteiger charge is -2.27. The van der Waals surface area contributed by atoms with Crippen LogP contribution in [0.2, 0.25) is 0 Å². The predicted octanol–water partition coefficient (Wildman–Crippen LogP) is 2.60. The zero-order valence-corrected chi connectivity index (χ0v) is 13.1. The van der Waals surface area contributed by atoms with Crippen molar-refractivity contribution < 1.29 is 14.4 Å². The van der Waals surface area contributed by atoms with Gasteiger partial charge in [0.15, 0.2) is 5.82 Å². The quantitative estimate of drug-likeness (QED) is 0.890. The molecule has 0 atom stereocenters. The summed E-state index contributed by atoms with van der Waals surface area (Å²) in [6.45, 7) is 11.9. The van der Waals surface area contributed by atoms with Gasteiger partial charge in [-0.1, -0.05) is 25.9 Å². The molecule has 0 unspecified atom stereocenters. The van der Waals surface area contributed by atoms with Crippen molar-refractivity contribution in [3.8, 4) is 0 Å². The minimum atomic E-state index is -0.937. The Hall–Kier alpha value is -1.56. The minimum absolute atomic E-state index is 0.159. The second-order valence-corrected chi connectivity index (χ2v) is 6.58. The number of urea groups is 1. The number of nitrogens with one attached hydrogen (secondary N) is 1. The zero-order valence-electron chi connectivity index (χ0n) is 13.1. The van der Waals surface area contributed by atoms with E-state index in [1.807, 2.05) is 27.7 Å². The van der Waals surface area contributed by atoms with Crippen LogP contribution in [0.3, 0.4) is 0 Å². The largest absolute Gasteiger partial charge is 0.389 e. The molecule has 0 aromatic carbocycles. The third-order valence-electron chi connectivity index (χ3n) is 2.73. The first-order chi connectivity index (χ1) is 9.03. The number of hydrogen-bond donors (Lipinski definition) is 2. The summed E-state index contributed by atoms with van der Waals surface area (Å²) in [5.74, 6) is 1.09. The summed E-state index contributed by atoms with van der Waals surface area (Å²) in [4.78, 5) is 13.6. The highest BCUT2D eigenvalue weighted by atomic mass is 16.5. The van der Waals surface area contributed by atoms with E-state index in [4.69, 9.17) is 4.52 Å². The molecule has 0 aliphatic rings. The van der Waals surface area contributed by atoms with E-state index in [1.165, 1.54) is 4.90 Å². The Labute approximate surface area is 120 Å². The molecule has 114 valence electrons. The Morgan fingerprint density at radius 1 is 1.40 bits per heavy atom. The first-order valence-corrected chi connectivity index (χ1v) is 6.78. The van der Waals surface area contributed by atoms with Crippen molar-refractivity contribution in [1.82, 2.24) is 10.1 Å². The number of anilines is 1. The molecule has 2 N–H and O–H groups in total. The molecule has 1 rings (SSSR count). The van der Waals surface area contributed by atoms with Gasteiger partial charge in [0.05, 0.1) is 12.1 Å². The molecule has 0 bridgehead atoms. The fourth-order valence-corrected chi connectivity index (χ4v) is 1.67. The van der Waals surface area contributed by atoms with Crippen LogP contribution in [0.15, 0.2) is 10.6 Å². The highest BCUT2D eigenvalue weighted by Gasteiger charge is 2.23. The fraction of sp³-hybridized carbons (Fsp3) is 0.714. The summed E-state index contributed by atoms with van der Waals surface area (Å²) in [5, 5.41) is 16.3. The van der Waals surface area contributed by atoms with Crippen molar-refractivity contribution >= 4 is 11.8 Å². The Morgan fingerprint density at radius 2 is 2.00 bits per heavy atom. The first-order valence-electron chi connectivity index (χ1n) is 6.78. The lowest BCUT2D eigenvalue weighted by Crippen LogP contribution is -2.44. The van der Waals surface area contributed by atoms with E-state index in [2.05, 4.69) is 10.5 Å². The van der Waals surface area contributed by atoms with Gasteiger partial charge < -0.3 is 14.5 Å². The number of hydrogen-bond acceptors (Lipinski definition) is 4. The number of amides is 2. The van der Waals surface area contributed by atoms with E-state index in [9.17, 15) is 9.90 Å². The number of nitrogens with zero attached hydrogens (tertiary/aromatic N) is 2. The lowest BCUT2D eigenvalue weighted by atomic mass is 9.93. The van der Waals surface area contributed by atoms with Gasteiger partial charge in [-0.3, -0.25) is 5.32 Å². The number of carbonyl (C=O) groups excluding carboxylic acids is 1. The SMILES string of the molecule is CCN(CC(C)(C)O)C(=O)Nc1cc(C(C)(C)C)on1. The van der Waals surface area contributed by atoms with Crippen molar-refractivity contribution in [3.05, 3.63) is 11.8 Å². The van der Waals surface area contributed by atoms with Crippen molar-refractivity contribution in [2.75, 3.05) is 18.4 Å². The molecular weight excluding hydrogens is 258 g/mol. The van der Waals surface area contributed by atoms with Crippen molar-refractivity contribution in [3.63, 3.8) is 0 Å². The van der Waals surface area contributed by atoms with Gasteiger partial charge in [0.25, 0.3) is 0 Å². The van der Waals surface area contributed by atoms with Crippen LogP contribution in [0.1, 0.15) is 47.3 Å². The molecule has 0 fully saturated rings. The van der Waals surface area contributed by atoms with E-state index in [0.29, 0.717) is 18.1 Å². The van der Waals surface area contributed by atoms with Crippen molar-refractivity contribution in [2.45, 2.75) is 52.6 Å². The smallest absolute Gasteiger partial charge is 0.323 e. The van der Waals surface area contributed by atoms with Gasteiger partial charge in [0, 0.05) is 18.0 Å². The highest BCUT2D eigenvalue weighted by molar-refractivity contribution is 5.88. The molecule has 1 aromatic heterocycles. The molecule has 0 radical (unpaired) electrons. The number of aromatic nitrogens is 1. The summed E-state index contributed by atoms with van der Waals surface area (Å²) in [5.41, 5.74) is -1.10. The second kappa shape index (κ2) is 5.83. The Balaban J connectivity index is 2.72. The molecule has 0 saturated carbocycles. The topological polar surface area (TPSA) is 78.6 Å². The van der Waals surface area contributed by atoms with Crippen molar-refractivity contribution in [2.24, 2.45) is 0 Å². The standard InChI is InChI=1S/C14H25N3O3/c1-7-17(9-14(5,6)19)12(18)15-11-8-10(20-16-11)13(2,3)4/h8,19H,7,9H2,1-6H3,(H,15,16,18). The molecule has 0 saturated heterocycles. The van der Waals surface area contributed by atoms with E-state index in [-0.39, 0.29) is 18.0 Å². The van der Waals surface area contributed by atoms with Gasteiger partial charge in [-0.15, -0.1) is 0 Å². The molecule has 0 spiro atoms. The van der Waals surface area contributed by atoms with Gasteiger partial charge in [-0.05, 0) is 20.8 Å². The normalized spacial score (nSPS) is 12.3. The second-order valence-electron chi connectivity index (χ2n) is 6.58. The molecule has 6 heteroatoms. The predicted molar refractivity (Wildman–Crippen MR) is 77.8 cm³/mol. The van der Waals surface area contributed by atoms with Crippen LogP contribution in [-0.4, -0.2) is 39.9 Å². The average Bonchev–Trinajstić information content (AvgIpc) is 2.72.